The molecule has 0 aromatic heterocycles. The van der Waals surface area contributed by atoms with Gasteiger partial charge in [-0.1, -0.05) is 18.2 Å². The molecule has 0 atom stereocenters. The summed E-state index contributed by atoms with van der Waals surface area (Å²) >= 11 is 0. The molecule has 0 spiro atoms. The molecule has 21 heavy (non-hydrogen) atoms. The molecule has 110 valence electrons. The molecular weight excluding hydrogens is 268 g/mol. The van der Waals surface area contributed by atoms with Crippen LogP contribution in [0.3, 0.4) is 0 Å². The molecule has 0 saturated heterocycles. The molecule has 0 bridgehead atoms. The van der Waals surface area contributed by atoms with E-state index in [1.165, 1.54) is 13.2 Å². The van der Waals surface area contributed by atoms with Crippen molar-refractivity contribution in [3.63, 3.8) is 0 Å². The fourth-order valence-corrected chi connectivity index (χ4v) is 2.14. The number of carbonyl (C=O) groups excluding carboxylic acids is 1. The number of phenols is 1. The first-order valence-corrected chi connectivity index (χ1v) is 6.67. The Morgan fingerprint density at radius 2 is 1.76 bits per heavy atom. The van der Waals surface area contributed by atoms with E-state index in [4.69, 9.17) is 9.47 Å². The van der Waals surface area contributed by atoms with Gasteiger partial charge in [0.25, 0.3) is 0 Å². The number of phenolic OH excluding ortho intramolecular Hbond substituents is 1. The van der Waals surface area contributed by atoms with Crippen LogP contribution < -0.4 is 9.47 Å². The highest BCUT2D eigenvalue weighted by Gasteiger charge is 2.16. The van der Waals surface area contributed by atoms with E-state index >= 15 is 0 Å². The average Bonchev–Trinajstić information content (AvgIpc) is 2.52. The average molecular weight is 286 g/mol. The number of ether oxygens (including phenoxy) is 2. The van der Waals surface area contributed by atoms with Gasteiger partial charge < -0.3 is 14.6 Å². The number of ketones is 1. The second-order valence-corrected chi connectivity index (χ2v) is 4.63. The van der Waals surface area contributed by atoms with Crippen LogP contribution in [-0.2, 0) is 6.42 Å². The van der Waals surface area contributed by atoms with Crippen molar-refractivity contribution in [2.24, 2.45) is 0 Å². The Bertz CT molecular complexity index is 617. The zero-order valence-corrected chi connectivity index (χ0v) is 12.1. The minimum atomic E-state index is -0.138. The van der Waals surface area contributed by atoms with Crippen LogP contribution in [0.4, 0.5) is 0 Å². The standard InChI is InChI=1S/C17H18O4/c1-20-13-9-6-12(7-10-13)8-11-15(19)17-14(18)4-3-5-16(17)21-2/h3-7,9-10,18H,8,11H2,1-2H3. The number of methoxy groups -OCH3 is 2. The Morgan fingerprint density at radius 3 is 2.38 bits per heavy atom. The van der Waals surface area contributed by atoms with Crippen molar-refractivity contribution in [1.29, 1.82) is 0 Å². The van der Waals surface area contributed by atoms with E-state index < -0.39 is 0 Å². The Labute approximate surface area is 123 Å². The fourth-order valence-electron chi connectivity index (χ4n) is 2.14. The molecule has 0 saturated carbocycles. The fraction of sp³-hybridized carbons (Fsp3) is 0.235. The Hall–Kier alpha value is -2.49. The Kier molecular flexibility index (Phi) is 4.82. The molecule has 0 amide bonds. The number of hydrogen-bond donors (Lipinski definition) is 1. The van der Waals surface area contributed by atoms with Gasteiger partial charge in [-0.25, -0.2) is 0 Å². The third kappa shape index (κ3) is 3.54. The number of hydrogen-bond acceptors (Lipinski definition) is 4. The number of aromatic hydroxyl groups is 1. The number of aryl methyl sites for hydroxylation is 1. The minimum absolute atomic E-state index is 0.0471. The van der Waals surface area contributed by atoms with Gasteiger partial charge in [0, 0.05) is 6.42 Å². The van der Waals surface area contributed by atoms with Crippen LogP contribution in [0.15, 0.2) is 42.5 Å². The van der Waals surface area contributed by atoms with Gasteiger partial charge in [-0.15, -0.1) is 0 Å². The molecule has 0 aliphatic rings. The molecule has 0 radical (unpaired) electrons. The Morgan fingerprint density at radius 1 is 1.05 bits per heavy atom. The summed E-state index contributed by atoms with van der Waals surface area (Å²) in [6, 6.07) is 12.4. The monoisotopic (exact) mass is 286 g/mol. The first-order chi connectivity index (χ1) is 10.2. The molecule has 0 heterocycles. The highest BCUT2D eigenvalue weighted by molar-refractivity contribution is 6.01. The van der Waals surface area contributed by atoms with Crippen LogP contribution in [0.5, 0.6) is 17.2 Å². The maximum absolute atomic E-state index is 12.3. The second-order valence-electron chi connectivity index (χ2n) is 4.63. The van der Waals surface area contributed by atoms with Gasteiger partial charge in [-0.2, -0.15) is 0 Å². The van der Waals surface area contributed by atoms with Gasteiger partial charge in [0.05, 0.1) is 14.2 Å². The number of rotatable bonds is 6. The number of carbonyl (C=O) groups is 1. The third-order valence-electron chi connectivity index (χ3n) is 3.30. The van der Waals surface area contributed by atoms with E-state index in [0.717, 1.165) is 11.3 Å². The molecule has 2 rings (SSSR count). The van der Waals surface area contributed by atoms with Crippen LogP contribution >= 0.6 is 0 Å². The van der Waals surface area contributed by atoms with E-state index in [9.17, 15) is 9.90 Å². The van der Waals surface area contributed by atoms with Crippen molar-refractivity contribution < 1.29 is 19.4 Å². The van der Waals surface area contributed by atoms with E-state index in [2.05, 4.69) is 0 Å². The summed E-state index contributed by atoms with van der Waals surface area (Å²) in [4.78, 5) is 12.3. The van der Waals surface area contributed by atoms with Gasteiger partial charge in [-0.3, -0.25) is 4.79 Å². The van der Waals surface area contributed by atoms with E-state index in [-0.39, 0.29) is 17.1 Å². The van der Waals surface area contributed by atoms with Crippen molar-refractivity contribution in [3.8, 4) is 17.2 Å². The van der Waals surface area contributed by atoms with E-state index in [1.807, 2.05) is 24.3 Å². The van der Waals surface area contributed by atoms with E-state index in [0.29, 0.717) is 18.6 Å². The second kappa shape index (κ2) is 6.79. The van der Waals surface area contributed by atoms with Crippen LogP contribution in [-0.4, -0.2) is 25.1 Å². The predicted octanol–water partition coefficient (Wildman–Crippen LogP) is 3.22. The van der Waals surface area contributed by atoms with Gasteiger partial charge in [-0.05, 0) is 36.2 Å². The molecule has 0 aliphatic heterocycles. The van der Waals surface area contributed by atoms with Crippen molar-refractivity contribution in [1.82, 2.24) is 0 Å². The zero-order chi connectivity index (χ0) is 15.2. The predicted molar refractivity (Wildman–Crippen MR) is 80.3 cm³/mol. The number of benzene rings is 2. The summed E-state index contributed by atoms with van der Waals surface area (Å²) in [5, 5.41) is 9.84. The van der Waals surface area contributed by atoms with Crippen molar-refractivity contribution in [2.45, 2.75) is 12.8 Å². The molecule has 0 aliphatic carbocycles. The topological polar surface area (TPSA) is 55.8 Å². The van der Waals surface area contributed by atoms with Crippen molar-refractivity contribution >= 4 is 5.78 Å². The number of Topliss-reactive ketones (excluding diaryl/α,β-unsaturated/α-hetero) is 1. The maximum atomic E-state index is 12.3. The quantitative estimate of drug-likeness (QED) is 0.828. The first kappa shape index (κ1) is 14.9. The van der Waals surface area contributed by atoms with E-state index in [1.54, 1.807) is 19.2 Å². The summed E-state index contributed by atoms with van der Waals surface area (Å²) in [5.41, 5.74) is 1.28. The minimum Gasteiger partial charge on any atom is -0.507 e. The maximum Gasteiger partial charge on any atom is 0.170 e. The first-order valence-electron chi connectivity index (χ1n) is 6.67. The molecule has 4 heteroatoms. The molecule has 1 N–H and O–H groups in total. The highest BCUT2D eigenvalue weighted by Crippen LogP contribution is 2.29. The van der Waals surface area contributed by atoms with Gasteiger partial charge >= 0.3 is 0 Å². The molecule has 0 unspecified atom stereocenters. The van der Waals surface area contributed by atoms with Crippen LogP contribution in [0.25, 0.3) is 0 Å². The molecule has 2 aromatic carbocycles. The van der Waals surface area contributed by atoms with Gasteiger partial charge in [0.2, 0.25) is 0 Å². The lowest BCUT2D eigenvalue weighted by molar-refractivity contribution is 0.0977. The summed E-state index contributed by atoms with van der Waals surface area (Å²) in [6.07, 6.45) is 0.903. The molecule has 2 aromatic rings. The largest absolute Gasteiger partial charge is 0.507 e. The smallest absolute Gasteiger partial charge is 0.170 e. The van der Waals surface area contributed by atoms with Crippen molar-refractivity contribution in [3.05, 3.63) is 53.6 Å². The van der Waals surface area contributed by atoms with Crippen molar-refractivity contribution in [2.75, 3.05) is 14.2 Å². The lowest BCUT2D eigenvalue weighted by Crippen LogP contribution is -2.04. The molecule has 0 fully saturated rings. The third-order valence-corrected chi connectivity index (χ3v) is 3.30. The lowest BCUT2D eigenvalue weighted by atomic mass is 10.0. The van der Waals surface area contributed by atoms with Crippen LogP contribution in [0.2, 0.25) is 0 Å². The van der Waals surface area contributed by atoms with Crippen LogP contribution in [0.1, 0.15) is 22.3 Å². The molecular formula is C17H18O4. The summed E-state index contributed by atoms with van der Waals surface area (Å²) in [5.74, 6) is 0.997. The van der Waals surface area contributed by atoms with Gasteiger partial charge in [0.1, 0.15) is 22.8 Å². The Balaban J connectivity index is 2.08. The molecule has 4 nitrogen and oxygen atoms in total. The summed E-state index contributed by atoms with van der Waals surface area (Å²) < 4.78 is 10.2. The lowest BCUT2D eigenvalue weighted by Gasteiger charge is -2.09. The summed E-state index contributed by atoms with van der Waals surface area (Å²) in [6.45, 7) is 0. The highest BCUT2D eigenvalue weighted by atomic mass is 16.5. The normalized spacial score (nSPS) is 10.2. The SMILES string of the molecule is COc1ccc(CCC(=O)c2c(O)cccc2OC)cc1. The zero-order valence-electron chi connectivity index (χ0n) is 12.1. The van der Waals surface area contributed by atoms with Crippen LogP contribution in [0, 0.1) is 0 Å². The van der Waals surface area contributed by atoms with Gasteiger partial charge in [0.15, 0.2) is 5.78 Å². The summed E-state index contributed by atoms with van der Waals surface area (Å²) in [7, 11) is 3.10.